The van der Waals surface area contributed by atoms with Crippen LogP contribution in [0.3, 0.4) is 0 Å². The fourth-order valence-electron chi connectivity index (χ4n) is 3.52. The van der Waals surface area contributed by atoms with E-state index in [-0.39, 0.29) is 12.0 Å². The Morgan fingerprint density at radius 3 is 2.48 bits per heavy atom. The van der Waals surface area contributed by atoms with Crippen LogP contribution in [0.1, 0.15) is 38.5 Å². The van der Waals surface area contributed by atoms with Crippen LogP contribution in [0.15, 0.2) is 24.3 Å². The Kier molecular flexibility index (Phi) is 4.32. The zero-order chi connectivity index (χ0) is 14.7. The van der Waals surface area contributed by atoms with Gasteiger partial charge < -0.3 is 15.3 Å². The highest BCUT2D eigenvalue weighted by molar-refractivity contribution is 5.70. The maximum atomic E-state index is 11.1. The van der Waals surface area contributed by atoms with E-state index in [1.165, 1.54) is 18.5 Å². The van der Waals surface area contributed by atoms with Crippen molar-refractivity contribution in [1.82, 2.24) is 0 Å². The first-order valence-electron chi connectivity index (χ1n) is 8.07. The summed E-state index contributed by atoms with van der Waals surface area (Å²) in [5.41, 5.74) is 2.40. The highest BCUT2D eigenvalue weighted by Crippen LogP contribution is 2.28. The molecular weight excluding hydrogens is 264 g/mol. The lowest BCUT2D eigenvalue weighted by Gasteiger charge is -2.28. The molecule has 2 atom stereocenters. The molecule has 2 aliphatic rings. The minimum absolute atomic E-state index is 0.180. The smallest absolute Gasteiger partial charge is 0.306 e. The molecule has 1 saturated carbocycles. The van der Waals surface area contributed by atoms with E-state index in [2.05, 4.69) is 34.5 Å². The summed E-state index contributed by atoms with van der Waals surface area (Å²) in [5.74, 6) is -0.828. The van der Waals surface area contributed by atoms with Crippen LogP contribution in [0.2, 0.25) is 0 Å². The predicted octanol–water partition coefficient (Wildman–Crippen LogP) is 3.34. The Bertz CT molecular complexity index is 480. The van der Waals surface area contributed by atoms with E-state index in [0.717, 1.165) is 44.5 Å². The lowest BCUT2D eigenvalue weighted by atomic mass is 9.85. The third-order valence-corrected chi connectivity index (χ3v) is 4.73. The Labute approximate surface area is 126 Å². The summed E-state index contributed by atoms with van der Waals surface area (Å²) >= 11 is 0. The molecule has 0 bridgehead atoms. The minimum Gasteiger partial charge on any atom is -0.481 e. The third-order valence-electron chi connectivity index (χ3n) is 4.73. The molecule has 2 fully saturated rings. The normalized spacial score (nSPS) is 25.8. The maximum absolute atomic E-state index is 11.1. The van der Waals surface area contributed by atoms with Gasteiger partial charge in [-0.05, 0) is 56.4 Å². The summed E-state index contributed by atoms with van der Waals surface area (Å²) in [4.78, 5) is 13.5. The molecule has 1 aromatic rings. The first kappa shape index (κ1) is 14.2. The summed E-state index contributed by atoms with van der Waals surface area (Å²) in [7, 11) is 0. The number of carboxylic acids is 1. The summed E-state index contributed by atoms with van der Waals surface area (Å²) in [6.07, 6.45) is 6.21. The molecule has 1 aliphatic carbocycles. The van der Waals surface area contributed by atoms with Gasteiger partial charge in [-0.25, -0.2) is 0 Å². The van der Waals surface area contributed by atoms with E-state index in [4.69, 9.17) is 5.11 Å². The van der Waals surface area contributed by atoms with Crippen molar-refractivity contribution in [3.63, 3.8) is 0 Å². The number of carboxylic acid groups (broad SMARTS) is 1. The third kappa shape index (κ3) is 3.49. The summed E-state index contributed by atoms with van der Waals surface area (Å²) < 4.78 is 0. The maximum Gasteiger partial charge on any atom is 0.306 e. The van der Waals surface area contributed by atoms with E-state index < -0.39 is 5.97 Å². The molecule has 0 radical (unpaired) electrons. The first-order chi connectivity index (χ1) is 10.2. The Morgan fingerprint density at radius 1 is 1.10 bits per heavy atom. The number of carbonyl (C=O) groups is 1. The van der Waals surface area contributed by atoms with Gasteiger partial charge >= 0.3 is 5.97 Å². The number of rotatable bonds is 4. The van der Waals surface area contributed by atoms with Crippen molar-refractivity contribution >= 4 is 17.3 Å². The monoisotopic (exact) mass is 288 g/mol. The van der Waals surface area contributed by atoms with Crippen LogP contribution in [0.4, 0.5) is 11.4 Å². The molecule has 1 saturated heterocycles. The Hall–Kier alpha value is -1.71. The number of hydrogen-bond acceptors (Lipinski definition) is 3. The van der Waals surface area contributed by atoms with Crippen LogP contribution in [0.25, 0.3) is 0 Å². The van der Waals surface area contributed by atoms with Gasteiger partial charge in [0.25, 0.3) is 0 Å². The lowest BCUT2D eigenvalue weighted by Crippen LogP contribution is -2.30. The van der Waals surface area contributed by atoms with E-state index in [1.807, 2.05) is 0 Å². The van der Waals surface area contributed by atoms with Gasteiger partial charge in [0.05, 0.1) is 5.92 Å². The second-order valence-electron chi connectivity index (χ2n) is 6.28. The molecule has 1 aliphatic heterocycles. The zero-order valence-electron chi connectivity index (χ0n) is 12.4. The first-order valence-corrected chi connectivity index (χ1v) is 8.07. The number of benzene rings is 1. The molecule has 0 amide bonds. The van der Waals surface area contributed by atoms with Gasteiger partial charge in [-0.2, -0.15) is 0 Å². The van der Waals surface area contributed by atoms with Gasteiger partial charge in [-0.1, -0.05) is 6.42 Å². The van der Waals surface area contributed by atoms with Crippen molar-refractivity contribution in [1.29, 1.82) is 0 Å². The van der Waals surface area contributed by atoms with Gasteiger partial charge in [-0.3, -0.25) is 4.79 Å². The van der Waals surface area contributed by atoms with Gasteiger partial charge in [0, 0.05) is 30.5 Å². The molecule has 2 N–H and O–H groups in total. The molecule has 4 heteroatoms. The van der Waals surface area contributed by atoms with Crippen molar-refractivity contribution in [3.05, 3.63) is 24.3 Å². The van der Waals surface area contributed by atoms with Gasteiger partial charge in [0.15, 0.2) is 0 Å². The molecule has 21 heavy (non-hydrogen) atoms. The summed E-state index contributed by atoms with van der Waals surface area (Å²) in [5, 5.41) is 12.6. The molecule has 1 aromatic carbocycles. The highest BCUT2D eigenvalue weighted by Gasteiger charge is 2.26. The largest absolute Gasteiger partial charge is 0.481 e. The SMILES string of the molecule is O=C(O)C1CCCC(Nc2ccc(N3CCCC3)cc2)C1. The highest BCUT2D eigenvalue weighted by atomic mass is 16.4. The summed E-state index contributed by atoms with van der Waals surface area (Å²) in [6, 6.07) is 8.88. The quantitative estimate of drug-likeness (QED) is 0.892. The standard InChI is InChI=1S/C17H24N2O2/c20-17(21)13-4-3-5-15(12-13)18-14-6-8-16(9-7-14)19-10-1-2-11-19/h6-9,13,15,18H,1-5,10-12H2,(H,20,21). The topological polar surface area (TPSA) is 52.6 Å². The average molecular weight is 288 g/mol. The van der Waals surface area contributed by atoms with Gasteiger partial charge in [0.1, 0.15) is 0 Å². The fraction of sp³-hybridized carbons (Fsp3) is 0.588. The van der Waals surface area contributed by atoms with Crippen LogP contribution in [-0.2, 0) is 4.79 Å². The minimum atomic E-state index is -0.647. The number of nitrogens with one attached hydrogen (secondary N) is 1. The molecule has 3 rings (SSSR count). The predicted molar refractivity (Wildman–Crippen MR) is 84.9 cm³/mol. The molecule has 0 spiro atoms. The van der Waals surface area contributed by atoms with Crippen molar-refractivity contribution in [2.75, 3.05) is 23.3 Å². The zero-order valence-corrected chi connectivity index (χ0v) is 12.4. The molecule has 1 heterocycles. The molecule has 114 valence electrons. The molecule has 4 nitrogen and oxygen atoms in total. The number of anilines is 2. The average Bonchev–Trinajstić information content (AvgIpc) is 3.02. The van der Waals surface area contributed by atoms with Crippen LogP contribution in [0, 0.1) is 5.92 Å². The van der Waals surface area contributed by atoms with Crippen LogP contribution in [0.5, 0.6) is 0 Å². The summed E-state index contributed by atoms with van der Waals surface area (Å²) in [6.45, 7) is 2.32. The van der Waals surface area contributed by atoms with Crippen molar-refractivity contribution in [3.8, 4) is 0 Å². The van der Waals surface area contributed by atoms with Crippen molar-refractivity contribution in [2.24, 2.45) is 5.92 Å². The van der Waals surface area contributed by atoms with E-state index in [0.29, 0.717) is 0 Å². The van der Waals surface area contributed by atoms with Crippen molar-refractivity contribution in [2.45, 2.75) is 44.6 Å². The number of aliphatic carboxylic acids is 1. The van der Waals surface area contributed by atoms with E-state index in [9.17, 15) is 4.79 Å². The van der Waals surface area contributed by atoms with Gasteiger partial charge in [0.2, 0.25) is 0 Å². The molecular formula is C17H24N2O2. The lowest BCUT2D eigenvalue weighted by molar-refractivity contribution is -0.142. The molecule has 2 unspecified atom stereocenters. The van der Waals surface area contributed by atoms with Gasteiger partial charge in [-0.15, -0.1) is 0 Å². The van der Waals surface area contributed by atoms with E-state index >= 15 is 0 Å². The number of nitrogens with zero attached hydrogens (tertiary/aromatic N) is 1. The van der Waals surface area contributed by atoms with Crippen molar-refractivity contribution < 1.29 is 9.90 Å². The number of hydrogen-bond donors (Lipinski definition) is 2. The van der Waals surface area contributed by atoms with Crippen LogP contribution >= 0.6 is 0 Å². The Morgan fingerprint density at radius 2 is 1.81 bits per heavy atom. The fourth-order valence-corrected chi connectivity index (χ4v) is 3.52. The van der Waals surface area contributed by atoms with Crippen LogP contribution < -0.4 is 10.2 Å². The second-order valence-corrected chi connectivity index (χ2v) is 6.28. The van der Waals surface area contributed by atoms with Crippen LogP contribution in [-0.4, -0.2) is 30.2 Å². The second kappa shape index (κ2) is 6.37. The Balaban J connectivity index is 1.58. The molecule has 0 aromatic heterocycles. The van der Waals surface area contributed by atoms with E-state index in [1.54, 1.807) is 0 Å².